The Bertz CT molecular complexity index is 510. The minimum absolute atomic E-state index is 0.157. The van der Waals surface area contributed by atoms with Gasteiger partial charge in [-0.05, 0) is 24.0 Å². The Morgan fingerprint density at radius 3 is 1.39 bits per heavy atom. The Kier molecular flexibility index (Phi) is 16.7. The Labute approximate surface area is 195 Å². The van der Waals surface area contributed by atoms with Crippen LogP contribution in [-0.2, 0) is 5.41 Å². The fourth-order valence-corrected chi connectivity index (χ4v) is 4.90. The minimum atomic E-state index is 0.157. The van der Waals surface area contributed by atoms with Crippen molar-refractivity contribution in [1.29, 1.82) is 0 Å². The van der Waals surface area contributed by atoms with Crippen molar-refractivity contribution >= 4 is 6.08 Å². The van der Waals surface area contributed by atoms with Crippen LogP contribution >= 0.6 is 0 Å². The number of hydrogen-bond donors (Lipinski definition) is 1. The van der Waals surface area contributed by atoms with Gasteiger partial charge in [0.15, 0.2) is 0 Å². The third-order valence-corrected chi connectivity index (χ3v) is 7.17. The molecule has 1 nitrogen and oxygen atoms in total. The molecule has 0 aliphatic carbocycles. The number of hydrogen-bond acceptors (Lipinski definition) is 1. The van der Waals surface area contributed by atoms with Crippen LogP contribution in [0, 0.1) is 0 Å². The lowest BCUT2D eigenvalue weighted by atomic mass is 9.72. The molecule has 0 saturated carbocycles. The van der Waals surface area contributed by atoms with E-state index in [4.69, 9.17) is 5.73 Å². The summed E-state index contributed by atoms with van der Waals surface area (Å²) >= 11 is 0. The lowest BCUT2D eigenvalue weighted by molar-refractivity contribution is 0.340. The van der Waals surface area contributed by atoms with Gasteiger partial charge in [-0.1, -0.05) is 154 Å². The maximum Gasteiger partial charge on any atom is 0.00755 e. The molecule has 1 rings (SSSR count). The third kappa shape index (κ3) is 11.9. The molecule has 0 radical (unpaired) electrons. The summed E-state index contributed by atoms with van der Waals surface area (Å²) in [6.45, 7) is 9.27. The van der Waals surface area contributed by atoms with Crippen molar-refractivity contribution in [3.05, 3.63) is 42.0 Å². The van der Waals surface area contributed by atoms with Crippen molar-refractivity contribution in [3.8, 4) is 0 Å². The molecule has 0 fully saturated rings. The molecular weight excluding hydrogens is 374 g/mol. The quantitative estimate of drug-likeness (QED) is 0.194. The van der Waals surface area contributed by atoms with E-state index in [1.165, 1.54) is 127 Å². The van der Waals surface area contributed by atoms with Gasteiger partial charge in [-0.3, -0.25) is 0 Å². The molecule has 1 aromatic carbocycles. The summed E-state index contributed by atoms with van der Waals surface area (Å²) in [4.78, 5) is 0. The molecule has 0 spiro atoms. The van der Waals surface area contributed by atoms with Gasteiger partial charge in [-0.15, -0.1) is 0 Å². The molecule has 0 aromatic heterocycles. The molecule has 1 heteroatoms. The molecular formula is C30H53N. The van der Waals surface area contributed by atoms with Gasteiger partial charge in [0.25, 0.3) is 0 Å². The van der Waals surface area contributed by atoms with Crippen molar-refractivity contribution in [2.24, 2.45) is 5.73 Å². The monoisotopic (exact) mass is 427 g/mol. The van der Waals surface area contributed by atoms with Gasteiger partial charge in [0, 0.05) is 12.0 Å². The van der Waals surface area contributed by atoms with Crippen LogP contribution in [0.25, 0.3) is 6.08 Å². The topological polar surface area (TPSA) is 26.0 Å². The first kappa shape index (κ1) is 28.0. The van der Waals surface area contributed by atoms with Crippen molar-refractivity contribution in [2.45, 2.75) is 135 Å². The van der Waals surface area contributed by atoms with Gasteiger partial charge in [-0.25, -0.2) is 0 Å². The number of nitrogens with two attached hydrogens (primary N) is 1. The summed E-state index contributed by atoms with van der Waals surface area (Å²) < 4.78 is 0. The van der Waals surface area contributed by atoms with Gasteiger partial charge < -0.3 is 5.73 Å². The van der Waals surface area contributed by atoms with E-state index in [-0.39, 0.29) is 5.41 Å². The van der Waals surface area contributed by atoms with Crippen LogP contribution < -0.4 is 5.73 Å². The molecule has 0 unspecified atom stereocenters. The molecule has 0 saturated heterocycles. The number of unbranched alkanes of at least 4 members (excludes halogenated alkanes) is 14. The van der Waals surface area contributed by atoms with Gasteiger partial charge in [0.05, 0.1) is 0 Å². The average Bonchev–Trinajstić information content (AvgIpc) is 2.81. The first-order chi connectivity index (χ1) is 15.2. The molecule has 2 N–H and O–H groups in total. The highest BCUT2D eigenvalue weighted by Crippen LogP contribution is 2.35. The Hall–Kier alpha value is -1.08. The van der Waals surface area contributed by atoms with E-state index in [2.05, 4.69) is 44.7 Å². The lowest BCUT2D eigenvalue weighted by Gasteiger charge is -2.34. The average molecular weight is 428 g/mol. The maximum absolute atomic E-state index is 6.48. The highest BCUT2D eigenvalue weighted by molar-refractivity contribution is 5.48. The van der Waals surface area contributed by atoms with Crippen LogP contribution in [0.5, 0.6) is 0 Å². The Morgan fingerprint density at radius 2 is 1.03 bits per heavy atom. The normalized spacial score (nSPS) is 11.7. The SMILES string of the molecule is C=Cc1ccc(C(CN)(CCCCCCCCCC)CCCCCCCCCC)cc1. The smallest absolute Gasteiger partial charge is 0.00755 e. The maximum atomic E-state index is 6.48. The van der Waals surface area contributed by atoms with Crippen molar-refractivity contribution in [1.82, 2.24) is 0 Å². The Morgan fingerprint density at radius 1 is 0.645 bits per heavy atom. The highest BCUT2D eigenvalue weighted by Gasteiger charge is 2.29. The van der Waals surface area contributed by atoms with Crippen molar-refractivity contribution < 1.29 is 0 Å². The van der Waals surface area contributed by atoms with Crippen LogP contribution in [0.15, 0.2) is 30.8 Å². The van der Waals surface area contributed by atoms with Crippen molar-refractivity contribution in [2.75, 3.05) is 6.54 Å². The summed E-state index contributed by atoms with van der Waals surface area (Å²) in [7, 11) is 0. The van der Waals surface area contributed by atoms with Gasteiger partial charge in [0.2, 0.25) is 0 Å². The van der Waals surface area contributed by atoms with Crippen LogP contribution in [0.1, 0.15) is 141 Å². The summed E-state index contributed by atoms with van der Waals surface area (Å²) in [5, 5.41) is 0. The predicted octanol–water partition coefficient (Wildman–Crippen LogP) is 9.59. The molecule has 0 aliphatic heterocycles. The molecule has 0 heterocycles. The zero-order chi connectivity index (χ0) is 22.6. The molecule has 0 bridgehead atoms. The van der Waals surface area contributed by atoms with E-state index in [1.807, 2.05) is 6.08 Å². The largest absolute Gasteiger partial charge is 0.330 e. The van der Waals surface area contributed by atoms with Gasteiger partial charge in [-0.2, -0.15) is 0 Å². The molecule has 0 amide bonds. The van der Waals surface area contributed by atoms with Gasteiger partial charge >= 0.3 is 0 Å². The minimum Gasteiger partial charge on any atom is -0.330 e. The standard InChI is InChI=1S/C30H53N/c1-4-7-9-11-13-15-17-19-25-30(27-31,29-23-21-28(6-3)22-24-29)26-20-18-16-14-12-10-8-5-2/h6,21-24H,3-5,7-20,25-27,31H2,1-2H3. The first-order valence-electron chi connectivity index (χ1n) is 13.7. The van der Waals surface area contributed by atoms with E-state index in [0.717, 1.165) is 6.54 Å². The van der Waals surface area contributed by atoms with E-state index < -0.39 is 0 Å². The van der Waals surface area contributed by atoms with Crippen LogP contribution in [-0.4, -0.2) is 6.54 Å². The van der Waals surface area contributed by atoms with E-state index in [9.17, 15) is 0 Å². The summed E-state index contributed by atoms with van der Waals surface area (Å²) in [6, 6.07) is 9.07. The number of benzene rings is 1. The second kappa shape index (κ2) is 18.5. The second-order valence-corrected chi connectivity index (χ2v) is 9.76. The molecule has 178 valence electrons. The summed E-state index contributed by atoms with van der Waals surface area (Å²) in [5.74, 6) is 0. The molecule has 0 atom stereocenters. The first-order valence-corrected chi connectivity index (χ1v) is 13.7. The number of rotatable bonds is 21. The van der Waals surface area contributed by atoms with Crippen LogP contribution in [0.4, 0.5) is 0 Å². The molecule has 0 aliphatic rings. The van der Waals surface area contributed by atoms with Crippen LogP contribution in [0.2, 0.25) is 0 Å². The molecule has 31 heavy (non-hydrogen) atoms. The van der Waals surface area contributed by atoms with Gasteiger partial charge in [0.1, 0.15) is 0 Å². The molecule has 1 aromatic rings. The summed E-state index contributed by atoms with van der Waals surface area (Å²) in [6.07, 6.45) is 26.5. The fraction of sp³-hybridized carbons (Fsp3) is 0.733. The summed E-state index contributed by atoms with van der Waals surface area (Å²) in [5.41, 5.74) is 9.29. The zero-order valence-electron chi connectivity index (χ0n) is 21.1. The third-order valence-electron chi connectivity index (χ3n) is 7.17. The second-order valence-electron chi connectivity index (χ2n) is 9.76. The van der Waals surface area contributed by atoms with E-state index >= 15 is 0 Å². The predicted molar refractivity (Wildman–Crippen MR) is 142 cm³/mol. The highest BCUT2D eigenvalue weighted by atomic mass is 14.6. The zero-order valence-corrected chi connectivity index (χ0v) is 21.1. The van der Waals surface area contributed by atoms with Crippen molar-refractivity contribution in [3.63, 3.8) is 0 Å². The van der Waals surface area contributed by atoms with E-state index in [0.29, 0.717) is 0 Å². The fourth-order valence-electron chi connectivity index (χ4n) is 4.90. The van der Waals surface area contributed by atoms with E-state index in [1.54, 1.807) is 0 Å². The lowest BCUT2D eigenvalue weighted by Crippen LogP contribution is -2.35. The Balaban J connectivity index is 2.54. The van der Waals surface area contributed by atoms with Crippen LogP contribution in [0.3, 0.4) is 0 Å².